The predicted molar refractivity (Wildman–Crippen MR) is 151 cm³/mol. The van der Waals surface area contributed by atoms with Crippen molar-refractivity contribution < 1.29 is 23.7 Å². The van der Waals surface area contributed by atoms with Gasteiger partial charge in [-0.2, -0.15) is 5.26 Å². The van der Waals surface area contributed by atoms with Gasteiger partial charge in [-0.25, -0.2) is 4.79 Å². The number of hydrogen-bond acceptors (Lipinski definition) is 7. The number of allylic oxidation sites excluding steroid dienone is 1. The summed E-state index contributed by atoms with van der Waals surface area (Å²) in [6, 6.07) is 26.7. The average molecular weight is 573 g/mol. The van der Waals surface area contributed by atoms with E-state index in [2.05, 4.69) is 6.07 Å². The molecule has 0 aliphatic carbocycles. The molecule has 1 aliphatic heterocycles. The number of nitrogens with zero attached hydrogens (tertiary/aromatic N) is 1. The molecule has 0 spiro atoms. The van der Waals surface area contributed by atoms with Gasteiger partial charge >= 0.3 is 5.97 Å². The van der Waals surface area contributed by atoms with E-state index in [0.717, 1.165) is 5.56 Å². The summed E-state index contributed by atoms with van der Waals surface area (Å²) in [6.07, 6.45) is 0. The van der Waals surface area contributed by atoms with Crippen LogP contribution in [0, 0.1) is 11.3 Å². The van der Waals surface area contributed by atoms with Crippen molar-refractivity contribution >= 4 is 29.2 Å². The number of nitriles is 1. The normalized spacial score (nSPS) is 14.0. The Morgan fingerprint density at radius 3 is 2.38 bits per heavy atom. The van der Waals surface area contributed by atoms with Gasteiger partial charge in [0.15, 0.2) is 5.75 Å². The Morgan fingerprint density at radius 2 is 1.68 bits per heavy atom. The van der Waals surface area contributed by atoms with Gasteiger partial charge in [0.05, 0.1) is 28.1 Å². The van der Waals surface area contributed by atoms with Crippen LogP contribution in [-0.4, -0.2) is 12.6 Å². The van der Waals surface area contributed by atoms with E-state index in [1.54, 1.807) is 25.1 Å². The van der Waals surface area contributed by atoms with Gasteiger partial charge in [-0.3, -0.25) is 0 Å². The molecule has 0 saturated carbocycles. The molecule has 2 N–H and O–H groups in total. The van der Waals surface area contributed by atoms with Crippen LogP contribution in [0.2, 0.25) is 10.0 Å². The highest BCUT2D eigenvalue weighted by molar-refractivity contribution is 6.37. The highest BCUT2D eigenvalue weighted by Crippen LogP contribution is 2.44. The van der Waals surface area contributed by atoms with Gasteiger partial charge in [-0.1, -0.05) is 59.6 Å². The number of hydrogen-bond donors (Lipinski definition) is 1. The minimum atomic E-state index is -0.675. The summed E-state index contributed by atoms with van der Waals surface area (Å²) < 4.78 is 22.8. The number of carbonyl (C=O) groups excluding carboxylic acids is 1. The highest BCUT2D eigenvalue weighted by Gasteiger charge is 2.31. The van der Waals surface area contributed by atoms with Crippen LogP contribution in [0.25, 0.3) is 0 Å². The van der Waals surface area contributed by atoms with Gasteiger partial charge in [-0.05, 0) is 55.0 Å². The van der Waals surface area contributed by atoms with Crippen molar-refractivity contribution in [2.24, 2.45) is 5.73 Å². The van der Waals surface area contributed by atoms with Gasteiger partial charge in [0, 0.05) is 11.6 Å². The lowest BCUT2D eigenvalue weighted by Gasteiger charge is -2.27. The predicted octanol–water partition coefficient (Wildman–Crippen LogP) is 7.62. The highest BCUT2D eigenvalue weighted by atomic mass is 35.5. The number of esters is 1. The molecule has 200 valence electrons. The first-order chi connectivity index (χ1) is 19.4. The van der Waals surface area contributed by atoms with Crippen LogP contribution in [0.4, 0.5) is 0 Å². The maximum absolute atomic E-state index is 12.9. The minimum absolute atomic E-state index is 0.0390. The summed E-state index contributed by atoms with van der Waals surface area (Å²) >= 11 is 12.5. The van der Waals surface area contributed by atoms with Crippen LogP contribution >= 0.6 is 23.2 Å². The SMILES string of the molecule is CCOc1c(Cl)cc(C(=O)Oc2ccc3c(c2)OC(N)=C(C#N)C3c2cccc(Oc3ccccc3)c2)cc1Cl. The largest absolute Gasteiger partial charge is 0.491 e. The van der Waals surface area contributed by atoms with Gasteiger partial charge in [0.1, 0.15) is 34.6 Å². The average Bonchev–Trinajstić information content (AvgIpc) is 2.94. The Balaban J connectivity index is 1.44. The molecule has 0 fully saturated rings. The molecule has 0 radical (unpaired) electrons. The molecule has 5 rings (SSSR count). The summed E-state index contributed by atoms with van der Waals surface area (Å²) in [6.45, 7) is 2.17. The number of fused-ring (bicyclic) bond motifs is 1. The summed E-state index contributed by atoms with van der Waals surface area (Å²) in [5.41, 5.74) is 8.02. The van der Waals surface area contributed by atoms with Crippen LogP contribution in [0.1, 0.15) is 34.3 Å². The molecule has 0 amide bonds. The molecule has 1 unspecified atom stereocenters. The summed E-state index contributed by atoms with van der Waals surface area (Å²) in [5.74, 6) is 0.900. The van der Waals surface area contributed by atoms with Crippen molar-refractivity contribution in [1.29, 1.82) is 5.26 Å². The molecule has 1 aliphatic rings. The second kappa shape index (κ2) is 11.6. The lowest BCUT2D eigenvalue weighted by Crippen LogP contribution is -2.21. The minimum Gasteiger partial charge on any atom is -0.491 e. The van der Waals surface area contributed by atoms with Crippen LogP contribution in [0.3, 0.4) is 0 Å². The lowest BCUT2D eigenvalue weighted by atomic mass is 9.83. The van der Waals surface area contributed by atoms with Crippen LogP contribution in [0.15, 0.2) is 96.4 Å². The molecule has 0 aromatic heterocycles. The zero-order valence-corrected chi connectivity index (χ0v) is 22.7. The second-order valence-electron chi connectivity index (χ2n) is 8.70. The number of para-hydroxylation sites is 1. The molecule has 9 heteroatoms. The van der Waals surface area contributed by atoms with Crippen LogP contribution in [-0.2, 0) is 0 Å². The molecule has 4 aromatic carbocycles. The standard InChI is InChI=1S/C31H22Cl2N2O5/c1-2-37-29-25(32)14-19(15-26(29)33)31(36)39-22-11-12-23-27(16-22)40-30(35)24(17-34)28(23)18-7-6-10-21(13-18)38-20-8-4-3-5-9-20/h3-16,28H,2,35H2,1H3. The summed E-state index contributed by atoms with van der Waals surface area (Å²) in [7, 11) is 0. The van der Waals surface area contributed by atoms with E-state index < -0.39 is 11.9 Å². The quantitative estimate of drug-likeness (QED) is 0.179. The molecule has 1 atom stereocenters. The maximum Gasteiger partial charge on any atom is 0.343 e. The molecular formula is C31H22Cl2N2O5. The Hall–Kier alpha value is -4.64. The molecule has 4 aromatic rings. The van der Waals surface area contributed by atoms with E-state index in [-0.39, 0.29) is 32.8 Å². The first kappa shape index (κ1) is 26.9. The molecule has 40 heavy (non-hydrogen) atoms. The van der Waals surface area contributed by atoms with E-state index in [1.165, 1.54) is 12.1 Å². The first-order valence-corrected chi connectivity index (χ1v) is 13.0. The maximum atomic E-state index is 12.9. The third-order valence-corrected chi connectivity index (χ3v) is 6.66. The zero-order chi connectivity index (χ0) is 28.2. The fraction of sp³-hybridized carbons (Fsp3) is 0.0968. The van der Waals surface area contributed by atoms with Gasteiger partial charge in [0.25, 0.3) is 0 Å². The van der Waals surface area contributed by atoms with Crippen LogP contribution in [0.5, 0.6) is 28.7 Å². The third-order valence-electron chi connectivity index (χ3n) is 6.09. The zero-order valence-electron chi connectivity index (χ0n) is 21.2. The molecule has 1 heterocycles. The first-order valence-electron chi connectivity index (χ1n) is 12.3. The van der Waals surface area contributed by atoms with E-state index in [9.17, 15) is 10.1 Å². The second-order valence-corrected chi connectivity index (χ2v) is 9.52. The summed E-state index contributed by atoms with van der Waals surface area (Å²) in [4.78, 5) is 12.9. The fourth-order valence-corrected chi connectivity index (χ4v) is 4.95. The lowest BCUT2D eigenvalue weighted by molar-refractivity contribution is 0.0734. The molecule has 7 nitrogen and oxygen atoms in total. The van der Waals surface area contributed by atoms with Crippen molar-refractivity contribution in [3.8, 4) is 34.8 Å². The number of ether oxygens (including phenoxy) is 4. The Labute approximate surface area is 240 Å². The van der Waals surface area contributed by atoms with Gasteiger partial charge in [-0.15, -0.1) is 0 Å². The number of halogens is 2. The monoisotopic (exact) mass is 572 g/mol. The Bertz CT molecular complexity index is 1640. The van der Waals surface area contributed by atoms with E-state index >= 15 is 0 Å². The number of benzene rings is 4. The molecule has 0 saturated heterocycles. The van der Waals surface area contributed by atoms with Crippen molar-refractivity contribution in [3.05, 3.63) is 123 Å². The van der Waals surface area contributed by atoms with Gasteiger partial charge in [0.2, 0.25) is 5.88 Å². The number of rotatable bonds is 7. The van der Waals surface area contributed by atoms with E-state index in [1.807, 2.05) is 54.6 Å². The van der Waals surface area contributed by atoms with Gasteiger partial charge < -0.3 is 24.7 Å². The fourth-order valence-electron chi connectivity index (χ4n) is 4.35. The third kappa shape index (κ3) is 5.55. The Morgan fingerprint density at radius 1 is 0.950 bits per heavy atom. The topological polar surface area (TPSA) is 104 Å². The van der Waals surface area contributed by atoms with Crippen molar-refractivity contribution in [3.63, 3.8) is 0 Å². The molecule has 0 bridgehead atoms. The van der Waals surface area contributed by atoms with Crippen molar-refractivity contribution in [2.45, 2.75) is 12.8 Å². The number of nitrogens with two attached hydrogens (primary N) is 1. The van der Waals surface area contributed by atoms with Crippen molar-refractivity contribution in [2.75, 3.05) is 6.61 Å². The van der Waals surface area contributed by atoms with E-state index in [4.69, 9.17) is 47.9 Å². The molecular weight excluding hydrogens is 551 g/mol. The number of carbonyl (C=O) groups is 1. The van der Waals surface area contributed by atoms with E-state index in [0.29, 0.717) is 35.2 Å². The summed E-state index contributed by atoms with van der Waals surface area (Å²) in [5, 5.41) is 10.3. The smallest absolute Gasteiger partial charge is 0.343 e. The van der Waals surface area contributed by atoms with Crippen LogP contribution < -0.4 is 24.7 Å². The Kier molecular flexibility index (Phi) is 7.83. The van der Waals surface area contributed by atoms with Crippen molar-refractivity contribution in [1.82, 2.24) is 0 Å².